The number of nitrogens with two attached hydrogens (primary N) is 1. The van der Waals surface area contributed by atoms with E-state index in [-0.39, 0.29) is 0 Å². The molecule has 1 saturated carbocycles. The summed E-state index contributed by atoms with van der Waals surface area (Å²) in [7, 11) is -0.629. The number of nitrogens with one attached hydrogen (secondary N) is 1. The Labute approximate surface area is 82.9 Å². The molecule has 0 aromatic rings. The first-order valence-corrected chi connectivity index (χ1v) is 6.55. The van der Waals surface area contributed by atoms with E-state index in [4.69, 9.17) is 5.73 Å². The van der Waals surface area contributed by atoms with Crippen LogP contribution >= 0.6 is 0 Å². The summed E-state index contributed by atoms with van der Waals surface area (Å²) in [6.45, 7) is 2.83. The zero-order valence-electron chi connectivity index (χ0n) is 8.29. The Balaban J connectivity index is 2.03. The molecule has 0 aromatic heterocycles. The van der Waals surface area contributed by atoms with Crippen LogP contribution in [0.15, 0.2) is 0 Å². The molecule has 3 atom stereocenters. The fourth-order valence-corrected chi connectivity index (χ4v) is 2.36. The van der Waals surface area contributed by atoms with E-state index in [0.717, 1.165) is 30.9 Å². The zero-order valence-corrected chi connectivity index (χ0v) is 9.11. The van der Waals surface area contributed by atoms with Crippen LogP contribution in [0, 0.1) is 0 Å². The largest absolute Gasteiger partial charge is 0.328 e. The summed E-state index contributed by atoms with van der Waals surface area (Å²) < 4.78 is 11.1. The lowest BCUT2D eigenvalue weighted by molar-refractivity contribution is 0.534. The molecule has 0 aromatic carbocycles. The van der Waals surface area contributed by atoms with Gasteiger partial charge in [0, 0.05) is 40.9 Å². The Kier molecular flexibility index (Phi) is 4.91. The molecule has 3 nitrogen and oxygen atoms in total. The molecule has 0 amide bonds. The molecule has 1 rings (SSSR count). The van der Waals surface area contributed by atoms with Crippen molar-refractivity contribution in [2.45, 2.75) is 38.3 Å². The van der Waals surface area contributed by atoms with Gasteiger partial charge in [0.25, 0.3) is 0 Å². The van der Waals surface area contributed by atoms with Gasteiger partial charge in [-0.1, -0.05) is 6.92 Å². The summed E-state index contributed by atoms with van der Waals surface area (Å²) >= 11 is 0. The molecule has 0 heterocycles. The molecule has 1 aliphatic carbocycles. The molecule has 78 valence electrons. The Bertz CT molecular complexity index is 175. The minimum atomic E-state index is -0.629. The average molecular weight is 204 g/mol. The number of rotatable bonds is 5. The fraction of sp³-hybridized carbons (Fsp3) is 1.00. The molecule has 0 aliphatic heterocycles. The second kappa shape index (κ2) is 5.73. The first kappa shape index (κ1) is 11.1. The van der Waals surface area contributed by atoms with Crippen molar-refractivity contribution in [2.75, 3.05) is 18.1 Å². The Hall–Kier alpha value is 0.0700. The van der Waals surface area contributed by atoms with Gasteiger partial charge in [0.1, 0.15) is 0 Å². The third-order valence-electron chi connectivity index (χ3n) is 2.56. The highest BCUT2D eigenvalue weighted by atomic mass is 32.2. The normalized spacial score (nSPS) is 30.6. The van der Waals surface area contributed by atoms with Gasteiger partial charge in [-0.15, -0.1) is 0 Å². The van der Waals surface area contributed by atoms with Crippen LogP contribution in [0.25, 0.3) is 0 Å². The van der Waals surface area contributed by atoms with Crippen molar-refractivity contribution in [3.63, 3.8) is 0 Å². The van der Waals surface area contributed by atoms with Gasteiger partial charge in [0.05, 0.1) is 0 Å². The van der Waals surface area contributed by atoms with E-state index in [1.807, 2.05) is 6.92 Å². The third kappa shape index (κ3) is 4.20. The highest BCUT2D eigenvalue weighted by molar-refractivity contribution is 7.84. The van der Waals surface area contributed by atoms with Crippen molar-refractivity contribution in [3.8, 4) is 0 Å². The number of hydrogen-bond acceptors (Lipinski definition) is 3. The van der Waals surface area contributed by atoms with Gasteiger partial charge in [0.2, 0.25) is 0 Å². The van der Waals surface area contributed by atoms with Crippen LogP contribution in [-0.4, -0.2) is 34.3 Å². The molecule has 0 bridgehead atoms. The standard InChI is InChI=1S/C9H20N2OS/c1-2-13(12)6-5-11-9-4-3-8(10)7-9/h8-9,11H,2-7,10H2,1H3. The van der Waals surface area contributed by atoms with Crippen LogP contribution in [0.5, 0.6) is 0 Å². The molecular formula is C9H20N2OS. The summed E-state index contributed by atoms with van der Waals surface area (Å²) in [4.78, 5) is 0. The average Bonchev–Trinajstić information content (AvgIpc) is 2.51. The van der Waals surface area contributed by atoms with Crippen LogP contribution in [0.1, 0.15) is 26.2 Å². The summed E-state index contributed by atoms with van der Waals surface area (Å²) in [6.07, 6.45) is 3.40. The topological polar surface area (TPSA) is 55.1 Å². The second-order valence-corrected chi connectivity index (χ2v) is 5.52. The summed E-state index contributed by atoms with van der Waals surface area (Å²) in [6, 6.07) is 0.957. The third-order valence-corrected chi connectivity index (χ3v) is 3.86. The minimum absolute atomic E-state index is 0.383. The summed E-state index contributed by atoms with van der Waals surface area (Å²) in [5.74, 6) is 1.55. The van der Waals surface area contributed by atoms with Gasteiger partial charge in [0.15, 0.2) is 0 Å². The van der Waals surface area contributed by atoms with Crippen LogP contribution in [0.4, 0.5) is 0 Å². The SMILES string of the molecule is CCS(=O)CCNC1CCC(N)C1. The Morgan fingerprint density at radius 1 is 1.54 bits per heavy atom. The van der Waals surface area contributed by atoms with E-state index in [1.54, 1.807) is 0 Å². The predicted molar refractivity (Wildman–Crippen MR) is 57.2 cm³/mol. The maximum Gasteiger partial charge on any atom is 0.0360 e. The van der Waals surface area contributed by atoms with Gasteiger partial charge in [-0.05, 0) is 19.3 Å². The lowest BCUT2D eigenvalue weighted by Crippen LogP contribution is -2.31. The van der Waals surface area contributed by atoms with Gasteiger partial charge < -0.3 is 11.1 Å². The maximum absolute atomic E-state index is 11.1. The van der Waals surface area contributed by atoms with E-state index in [2.05, 4.69) is 5.32 Å². The van der Waals surface area contributed by atoms with E-state index < -0.39 is 10.8 Å². The zero-order chi connectivity index (χ0) is 9.68. The fourth-order valence-electron chi connectivity index (χ4n) is 1.72. The van der Waals surface area contributed by atoms with Gasteiger partial charge in [-0.25, -0.2) is 0 Å². The molecule has 0 saturated heterocycles. The van der Waals surface area contributed by atoms with Crippen molar-refractivity contribution in [3.05, 3.63) is 0 Å². The van der Waals surface area contributed by atoms with Crippen LogP contribution in [0.3, 0.4) is 0 Å². The smallest absolute Gasteiger partial charge is 0.0360 e. The summed E-state index contributed by atoms with van der Waals surface area (Å²) in [5, 5.41) is 3.40. The molecule has 3 N–H and O–H groups in total. The lowest BCUT2D eigenvalue weighted by atomic mass is 10.2. The molecule has 1 fully saturated rings. The monoisotopic (exact) mass is 204 g/mol. The highest BCUT2D eigenvalue weighted by Crippen LogP contribution is 2.16. The van der Waals surface area contributed by atoms with Crippen molar-refractivity contribution >= 4 is 10.8 Å². The van der Waals surface area contributed by atoms with Crippen LogP contribution in [0.2, 0.25) is 0 Å². The maximum atomic E-state index is 11.1. The highest BCUT2D eigenvalue weighted by Gasteiger charge is 2.20. The second-order valence-electron chi connectivity index (χ2n) is 3.66. The Morgan fingerprint density at radius 2 is 2.31 bits per heavy atom. The first-order chi connectivity index (χ1) is 6.22. The van der Waals surface area contributed by atoms with Crippen molar-refractivity contribution in [1.29, 1.82) is 0 Å². The molecule has 4 heteroatoms. The number of hydrogen-bond donors (Lipinski definition) is 2. The summed E-state index contributed by atoms with van der Waals surface area (Å²) in [5.41, 5.74) is 5.78. The Morgan fingerprint density at radius 3 is 2.85 bits per heavy atom. The molecule has 0 radical (unpaired) electrons. The van der Waals surface area contributed by atoms with Crippen LogP contribution < -0.4 is 11.1 Å². The molecule has 1 aliphatic rings. The van der Waals surface area contributed by atoms with E-state index in [1.165, 1.54) is 6.42 Å². The van der Waals surface area contributed by atoms with Gasteiger partial charge >= 0.3 is 0 Å². The van der Waals surface area contributed by atoms with Gasteiger partial charge in [-0.2, -0.15) is 0 Å². The first-order valence-electron chi connectivity index (χ1n) is 5.06. The van der Waals surface area contributed by atoms with E-state index >= 15 is 0 Å². The van der Waals surface area contributed by atoms with Gasteiger partial charge in [-0.3, -0.25) is 4.21 Å². The van der Waals surface area contributed by atoms with Crippen LogP contribution in [-0.2, 0) is 10.8 Å². The van der Waals surface area contributed by atoms with Crippen molar-refractivity contribution in [1.82, 2.24) is 5.32 Å². The minimum Gasteiger partial charge on any atom is -0.328 e. The lowest BCUT2D eigenvalue weighted by Gasteiger charge is -2.11. The molecule has 13 heavy (non-hydrogen) atoms. The van der Waals surface area contributed by atoms with Crippen molar-refractivity contribution < 1.29 is 4.21 Å². The van der Waals surface area contributed by atoms with E-state index in [9.17, 15) is 4.21 Å². The van der Waals surface area contributed by atoms with E-state index in [0.29, 0.717) is 12.1 Å². The molecule has 0 spiro atoms. The quantitative estimate of drug-likeness (QED) is 0.674. The molecule has 3 unspecified atom stereocenters. The van der Waals surface area contributed by atoms with Crippen molar-refractivity contribution in [2.24, 2.45) is 5.73 Å². The molecular weight excluding hydrogens is 184 g/mol. The predicted octanol–water partition coefficient (Wildman–Crippen LogP) is 0.224.